The predicted octanol–water partition coefficient (Wildman–Crippen LogP) is 2.03. The summed E-state index contributed by atoms with van der Waals surface area (Å²) < 4.78 is 12.0. The zero-order chi connectivity index (χ0) is 22.8. The molecule has 1 fully saturated rings. The second-order valence-electron chi connectivity index (χ2n) is 7.15. The molecule has 2 aromatic carbocycles. The number of benzene rings is 2. The number of hydrogen-bond acceptors (Lipinski definition) is 7. The molecule has 1 saturated heterocycles. The third-order valence-corrected chi connectivity index (χ3v) is 6.34. The van der Waals surface area contributed by atoms with Gasteiger partial charge in [-0.15, -0.1) is 11.8 Å². The highest BCUT2D eigenvalue weighted by atomic mass is 32.2. The Labute approximate surface area is 188 Å². The van der Waals surface area contributed by atoms with Crippen LogP contribution in [0.25, 0.3) is 11.0 Å². The lowest BCUT2D eigenvalue weighted by Gasteiger charge is -2.25. The van der Waals surface area contributed by atoms with Gasteiger partial charge in [-0.2, -0.15) is 0 Å². The van der Waals surface area contributed by atoms with Gasteiger partial charge in [0.1, 0.15) is 17.6 Å². The van der Waals surface area contributed by atoms with Gasteiger partial charge in [-0.3, -0.25) is 24.4 Å². The van der Waals surface area contributed by atoms with Crippen molar-refractivity contribution in [1.29, 1.82) is 0 Å². The Bertz CT molecular complexity index is 1260. The lowest BCUT2D eigenvalue weighted by atomic mass is 10.2. The highest BCUT2D eigenvalue weighted by Gasteiger charge is 2.35. The number of para-hydroxylation sites is 2. The number of carbonyl (C=O) groups excluding carboxylic acids is 2. The van der Waals surface area contributed by atoms with Crippen LogP contribution in [0.1, 0.15) is 16.6 Å². The molecule has 32 heavy (non-hydrogen) atoms. The van der Waals surface area contributed by atoms with E-state index in [-0.39, 0.29) is 23.8 Å². The van der Waals surface area contributed by atoms with Gasteiger partial charge in [0, 0.05) is 0 Å². The van der Waals surface area contributed by atoms with Crippen LogP contribution in [-0.4, -0.2) is 46.3 Å². The van der Waals surface area contributed by atoms with E-state index in [0.717, 1.165) is 5.56 Å². The van der Waals surface area contributed by atoms with E-state index in [2.05, 4.69) is 10.4 Å². The van der Waals surface area contributed by atoms with E-state index < -0.39 is 11.3 Å². The number of methoxy groups -OCH3 is 2. The Kier molecular flexibility index (Phi) is 6.04. The van der Waals surface area contributed by atoms with Crippen LogP contribution in [0.15, 0.2) is 47.3 Å². The molecule has 1 N–H and O–H groups in total. The topological polar surface area (TPSA) is 103 Å². The molecule has 1 unspecified atom stereocenters. The molecule has 1 aromatic heterocycles. The maximum absolute atomic E-state index is 12.9. The molecule has 4 rings (SSSR count). The summed E-state index contributed by atoms with van der Waals surface area (Å²) in [5.74, 6) is 0.605. The normalized spacial score (nSPS) is 15.8. The minimum absolute atomic E-state index is 0.219. The minimum atomic E-state index is -0.482. The number of carbonyl (C=O) groups is 2. The Morgan fingerprint density at radius 1 is 1.16 bits per heavy atom. The van der Waals surface area contributed by atoms with Gasteiger partial charge in [0.15, 0.2) is 11.5 Å². The SMILES string of the molecule is COc1ccc(C2SCC(=O)N2NC(=O)Cn2c(=O)c(C)nc3ccccc32)cc1OC. The van der Waals surface area contributed by atoms with E-state index in [0.29, 0.717) is 28.2 Å². The molecule has 2 amide bonds. The summed E-state index contributed by atoms with van der Waals surface area (Å²) in [6, 6.07) is 12.5. The number of nitrogens with one attached hydrogen (secondary N) is 1. The van der Waals surface area contributed by atoms with Crippen molar-refractivity contribution in [1.82, 2.24) is 20.0 Å². The minimum Gasteiger partial charge on any atom is -0.493 e. The summed E-state index contributed by atoms with van der Waals surface area (Å²) in [5.41, 5.74) is 4.57. The summed E-state index contributed by atoms with van der Waals surface area (Å²) >= 11 is 1.39. The van der Waals surface area contributed by atoms with Gasteiger partial charge in [-0.05, 0) is 36.8 Å². The van der Waals surface area contributed by atoms with Crippen LogP contribution in [0, 0.1) is 6.92 Å². The Hall–Kier alpha value is -3.53. The number of nitrogens with zero attached hydrogens (tertiary/aromatic N) is 3. The van der Waals surface area contributed by atoms with Crippen molar-refractivity contribution in [3.05, 3.63) is 64.1 Å². The van der Waals surface area contributed by atoms with Crippen LogP contribution in [0.2, 0.25) is 0 Å². The number of hydrazine groups is 1. The van der Waals surface area contributed by atoms with E-state index in [4.69, 9.17) is 9.47 Å². The maximum Gasteiger partial charge on any atom is 0.272 e. The van der Waals surface area contributed by atoms with Crippen LogP contribution in [0.4, 0.5) is 0 Å². The van der Waals surface area contributed by atoms with E-state index >= 15 is 0 Å². The monoisotopic (exact) mass is 454 g/mol. The molecule has 1 atom stereocenters. The van der Waals surface area contributed by atoms with Gasteiger partial charge in [0.2, 0.25) is 0 Å². The van der Waals surface area contributed by atoms with Crippen LogP contribution in [-0.2, 0) is 16.1 Å². The average molecular weight is 455 g/mol. The maximum atomic E-state index is 12.9. The Balaban J connectivity index is 1.59. The van der Waals surface area contributed by atoms with E-state index in [1.165, 1.54) is 28.4 Å². The first-order valence-corrected chi connectivity index (χ1v) is 10.9. The fraction of sp³-hybridized carbons (Fsp3) is 0.273. The number of hydrogen-bond donors (Lipinski definition) is 1. The van der Waals surface area contributed by atoms with Crippen LogP contribution in [0.5, 0.6) is 11.5 Å². The zero-order valence-electron chi connectivity index (χ0n) is 17.8. The second-order valence-corrected chi connectivity index (χ2v) is 8.22. The van der Waals surface area contributed by atoms with Gasteiger partial charge in [-0.1, -0.05) is 18.2 Å². The van der Waals surface area contributed by atoms with Gasteiger partial charge >= 0.3 is 0 Å². The Morgan fingerprint density at radius 2 is 1.91 bits per heavy atom. The molecule has 9 nitrogen and oxygen atoms in total. The van der Waals surface area contributed by atoms with Crippen molar-refractivity contribution >= 4 is 34.6 Å². The largest absolute Gasteiger partial charge is 0.493 e. The molecule has 0 spiro atoms. The Morgan fingerprint density at radius 3 is 2.66 bits per heavy atom. The summed E-state index contributed by atoms with van der Waals surface area (Å²) in [5, 5.41) is 0.870. The summed E-state index contributed by atoms with van der Waals surface area (Å²) in [4.78, 5) is 42.3. The molecule has 0 aliphatic carbocycles. The quantitative estimate of drug-likeness (QED) is 0.608. The first-order valence-electron chi connectivity index (χ1n) is 9.84. The molecule has 3 aromatic rings. The highest BCUT2D eigenvalue weighted by Crippen LogP contribution is 2.40. The lowest BCUT2D eigenvalue weighted by molar-refractivity contribution is -0.139. The van der Waals surface area contributed by atoms with E-state index in [1.54, 1.807) is 44.4 Å². The summed E-state index contributed by atoms with van der Waals surface area (Å²) in [6.07, 6.45) is 0. The molecular formula is C22H22N4O5S. The molecule has 1 aliphatic rings. The second kappa shape index (κ2) is 8.91. The van der Waals surface area contributed by atoms with Crippen molar-refractivity contribution in [2.24, 2.45) is 0 Å². The molecular weight excluding hydrogens is 432 g/mol. The van der Waals surface area contributed by atoms with Crippen LogP contribution in [0.3, 0.4) is 0 Å². The molecule has 166 valence electrons. The van der Waals surface area contributed by atoms with E-state index in [9.17, 15) is 14.4 Å². The number of ether oxygens (including phenoxy) is 2. The third kappa shape index (κ3) is 4.01. The highest BCUT2D eigenvalue weighted by molar-refractivity contribution is 8.00. The van der Waals surface area contributed by atoms with Crippen LogP contribution >= 0.6 is 11.8 Å². The number of aromatic nitrogens is 2. The van der Waals surface area contributed by atoms with Crippen molar-refractivity contribution < 1.29 is 19.1 Å². The number of amides is 2. The summed E-state index contributed by atoms with van der Waals surface area (Å²) in [7, 11) is 3.08. The first-order chi connectivity index (χ1) is 15.4. The molecule has 0 saturated carbocycles. The number of aryl methyl sites for hydroxylation is 1. The number of rotatable bonds is 6. The van der Waals surface area contributed by atoms with Crippen molar-refractivity contribution in [2.75, 3.05) is 20.0 Å². The number of fused-ring (bicyclic) bond motifs is 1. The number of thioether (sulfide) groups is 1. The molecule has 1 aliphatic heterocycles. The average Bonchev–Trinajstić information content (AvgIpc) is 3.16. The van der Waals surface area contributed by atoms with Gasteiger partial charge in [0.25, 0.3) is 17.4 Å². The fourth-order valence-electron chi connectivity index (χ4n) is 3.59. The van der Waals surface area contributed by atoms with Crippen molar-refractivity contribution in [3.63, 3.8) is 0 Å². The third-order valence-electron chi connectivity index (χ3n) is 5.12. The zero-order valence-corrected chi connectivity index (χ0v) is 18.6. The lowest BCUT2D eigenvalue weighted by Crippen LogP contribution is -2.46. The predicted molar refractivity (Wildman–Crippen MR) is 120 cm³/mol. The summed E-state index contributed by atoms with van der Waals surface area (Å²) in [6.45, 7) is 1.37. The molecule has 10 heteroatoms. The van der Waals surface area contributed by atoms with Gasteiger partial charge < -0.3 is 9.47 Å². The van der Waals surface area contributed by atoms with Gasteiger partial charge in [0.05, 0.1) is 31.0 Å². The van der Waals surface area contributed by atoms with E-state index in [1.807, 2.05) is 12.1 Å². The van der Waals surface area contributed by atoms with Crippen molar-refractivity contribution in [2.45, 2.75) is 18.8 Å². The standard InChI is InChI=1S/C22H22N4O5S/c1-13-21(29)25(16-7-5-4-6-15(16)23-13)11-19(27)24-26-20(28)12-32-22(26)14-8-9-17(30-2)18(10-14)31-3/h4-10,22H,11-12H2,1-3H3,(H,24,27). The van der Waals surface area contributed by atoms with Crippen molar-refractivity contribution in [3.8, 4) is 11.5 Å². The molecule has 2 heterocycles. The first kappa shape index (κ1) is 21.7. The molecule has 0 radical (unpaired) electrons. The molecule has 0 bridgehead atoms. The fourth-order valence-corrected chi connectivity index (χ4v) is 4.69. The smallest absolute Gasteiger partial charge is 0.272 e. The van der Waals surface area contributed by atoms with Crippen LogP contribution < -0.4 is 20.5 Å². The van der Waals surface area contributed by atoms with Gasteiger partial charge in [-0.25, -0.2) is 9.99 Å².